The third-order valence-electron chi connectivity index (χ3n) is 5.28. The summed E-state index contributed by atoms with van der Waals surface area (Å²) in [4.78, 5) is 20.4. The molecule has 0 atom stereocenters. The number of amides is 1. The van der Waals surface area contributed by atoms with Crippen molar-refractivity contribution >= 4 is 28.8 Å². The van der Waals surface area contributed by atoms with E-state index in [1.807, 2.05) is 32.6 Å². The largest absolute Gasteiger partial charge is 0.444 e. The summed E-state index contributed by atoms with van der Waals surface area (Å²) in [5.41, 5.74) is 0.396. The summed E-state index contributed by atoms with van der Waals surface area (Å²) in [7, 11) is 0. The highest BCUT2D eigenvalue weighted by Gasteiger charge is 2.33. The van der Waals surface area contributed by atoms with Gasteiger partial charge in [0.1, 0.15) is 11.4 Å². The van der Waals surface area contributed by atoms with Crippen LogP contribution in [0.15, 0.2) is 17.1 Å². The fourth-order valence-corrected chi connectivity index (χ4v) is 4.07. The number of hydrogen-bond acceptors (Lipinski definition) is 3. The molecule has 0 aromatic rings. The maximum absolute atomic E-state index is 12.2. The van der Waals surface area contributed by atoms with Gasteiger partial charge in [0.15, 0.2) is 0 Å². The third kappa shape index (κ3) is 6.52. The summed E-state index contributed by atoms with van der Waals surface area (Å²) in [5, 5.41) is 7.21. The Hall–Kier alpha value is -1.56. The number of carbonyl (C=O) groups is 1. The highest BCUT2D eigenvalue weighted by molar-refractivity contribution is 6.64. The monoisotopic (exact) mass is 396 g/mol. The van der Waals surface area contributed by atoms with Crippen LogP contribution in [0.3, 0.4) is 0 Å². The molecule has 2 aliphatic rings. The van der Waals surface area contributed by atoms with Crippen LogP contribution in [-0.2, 0) is 4.74 Å². The van der Waals surface area contributed by atoms with E-state index >= 15 is 0 Å². The van der Waals surface area contributed by atoms with Crippen molar-refractivity contribution in [3.63, 3.8) is 0 Å². The zero-order valence-corrected chi connectivity index (χ0v) is 17.8. The summed E-state index contributed by atoms with van der Waals surface area (Å²) >= 11 is 5.65. The lowest BCUT2D eigenvalue weighted by molar-refractivity contribution is 0.0143. The van der Waals surface area contributed by atoms with E-state index in [9.17, 15) is 4.79 Å². The number of nitrogens with zero attached hydrogens (tertiary/aromatic N) is 3. The zero-order valence-electron chi connectivity index (χ0n) is 17.1. The molecule has 7 heteroatoms. The van der Waals surface area contributed by atoms with Gasteiger partial charge in [-0.3, -0.25) is 5.41 Å². The minimum Gasteiger partial charge on any atom is -0.444 e. The van der Waals surface area contributed by atoms with Crippen molar-refractivity contribution in [3.05, 3.63) is 12.2 Å². The SMILES string of the molecule is C=C(C)/C(=N\C(=N)Cl)N1CCC(C2CCN(C(=O)OC(C)(C)C)CC2)CC1. The molecule has 0 aromatic heterocycles. The number of carbonyl (C=O) groups excluding carboxylic acids is 1. The van der Waals surface area contributed by atoms with E-state index in [0.29, 0.717) is 11.8 Å². The molecule has 1 N–H and O–H groups in total. The van der Waals surface area contributed by atoms with Gasteiger partial charge in [-0.25, -0.2) is 9.79 Å². The summed E-state index contributed by atoms with van der Waals surface area (Å²) in [6, 6.07) is 0. The Morgan fingerprint density at radius 1 is 1.07 bits per heavy atom. The molecule has 0 aliphatic carbocycles. The topological polar surface area (TPSA) is 69.0 Å². The molecule has 0 aromatic carbocycles. The molecular weight excluding hydrogens is 364 g/mol. The van der Waals surface area contributed by atoms with Crippen LogP contribution < -0.4 is 0 Å². The van der Waals surface area contributed by atoms with Crippen molar-refractivity contribution in [2.75, 3.05) is 26.2 Å². The Morgan fingerprint density at radius 3 is 1.89 bits per heavy atom. The van der Waals surface area contributed by atoms with Crippen LogP contribution in [0.1, 0.15) is 53.4 Å². The molecular formula is C20H33ClN4O2. The normalized spacial score (nSPS) is 20.6. The summed E-state index contributed by atoms with van der Waals surface area (Å²) in [6.07, 6.45) is 4.08. The van der Waals surface area contributed by atoms with Crippen LogP contribution in [0.2, 0.25) is 0 Å². The third-order valence-corrected chi connectivity index (χ3v) is 5.37. The van der Waals surface area contributed by atoms with Gasteiger partial charge in [-0.2, -0.15) is 0 Å². The van der Waals surface area contributed by atoms with Crippen molar-refractivity contribution in [3.8, 4) is 0 Å². The minimum absolute atomic E-state index is 0.193. The van der Waals surface area contributed by atoms with E-state index in [1.54, 1.807) is 0 Å². The molecule has 0 spiro atoms. The molecule has 152 valence electrons. The van der Waals surface area contributed by atoms with E-state index in [0.717, 1.165) is 63.3 Å². The molecule has 2 rings (SSSR count). The molecule has 0 saturated carbocycles. The number of amidine groups is 2. The molecule has 0 radical (unpaired) electrons. The lowest BCUT2D eigenvalue weighted by Crippen LogP contribution is -2.45. The van der Waals surface area contributed by atoms with Gasteiger partial charge < -0.3 is 14.5 Å². The van der Waals surface area contributed by atoms with Crippen molar-refractivity contribution in [2.24, 2.45) is 16.8 Å². The first-order valence-electron chi connectivity index (χ1n) is 9.78. The van der Waals surface area contributed by atoms with Crippen LogP contribution in [0.25, 0.3) is 0 Å². The number of piperidine rings is 2. The van der Waals surface area contributed by atoms with E-state index < -0.39 is 5.60 Å². The van der Waals surface area contributed by atoms with Crippen LogP contribution in [0, 0.1) is 17.2 Å². The second kappa shape index (κ2) is 9.09. The molecule has 2 aliphatic heterocycles. The fourth-order valence-electron chi connectivity index (χ4n) is 3.99. The molecule has 27 heavy (non-hydrogen) atoms. The lowest BCUT2D eigenvalue weighted by atomic mass is 9.79. The van der Waals surface area contributed by atoms with Crippen molar-refractivity contribution in [1.82, 2.24) is 9.80 Å². The van der Waals surface area contributed by atoms with E-state index in [-0.39, 0.29) is 11.4 Å². The first-order valence-corrected chi connectivity index (χ1v) is 10.2. The van der Waals surface area contributed by atoms with Gasteiger partial charge in [-0.05, 0) is 82.4 Å². The number of rotatable bonds is 2. The van der Waals surface area contributed by atoms with Gasteiger partial charge in [-0.1, -0.05) is 6.58 Å². The number of ether oxygens (including phenoxy) is 1. The summed E-state index contributed by atoms with van der Waals surface area (Å²) < 4.78 is 5.48. The van der Waals surface area contributed by atoms with E-state index in [1.165, 1.54) is 0 Å². The van der Waals surface area contributed by atoms with Gasteiger partial charge in [0.05, 0.1) is 0 Å². The molecule has 2 heterocycles. The van der Waals surface area contributed by atoms with Crippen molar-refractivity contribution in [2.45, 2.75) is 59.0 Å². The van der Waals surface area contributed by atoms with Crippen LogP contribution >= 0.6 is 11.6 Å². The molecule has 2 saturated heterocycles. The number of nitrogens with one attached hydrogen (secondary N) is 1. The Morgan fingerprint density at radius 2 is 1.52 bits per heavy atom. The van der Waals surface area contributed by atoms with Crippen LogP contribution in [0.4, 0.5) is 4.79 Å². The molecule has 2 fully saturated rings. The predicted octanol–water partition coefficient (Wildman–Crippen LogP) is 4.49. The average molecular weight is 397 g/mol. The van der Waals surface area contributed by atoms with Crippen LogP contribution in [0.5, 0.6) is 0 Å². The standard InChI is InChI=1S/C20H33ClN4O2/c1-14(2)17(23-18(21)22)24-10-6-15(7-11-24)16-8-12-25(13-9-16)19(26)27-20(3,4)5/h15-16,22H,1,6-13H2,2-5H3/b22-18?,23-17+. The maximum atomic E-state index is 12.2. The number of hydrogen-bond donors (Lipinski definition) is 1. The second-order valence-corrected chi connectivity index (χ2v) is 8.99. The Balaban J connectivity index is 1.83. The Kier molecular flexibility index (Phi) is 7.32. The van der Waals surface area contributed by atoms with Gasteiger partial charge in [0, 0.05) is 26.2 Å². The quantitative estimate of drug-likeness (QED) is 0.424. The predicted molar refractivity (Wildman–Crippen MR) is 111 cm³/mol. The lowest BCUT2D eigenvalue weighted by Gasteiger charge is -2.41. The van der Waals surface area contributed by atoms with Gasteiger partial charge >= 0.3 is 6.09 Å². The number of aliphatic imine (C=N–C) groups is 1. The molecule has 6 nitrogen and oxygen atoms in total. The van der Waals surface area contributed by atoms with Gasteiger partial charge in [0.25, 0.3) is 0 Å². The first-order chi connectivity index (χ1) is 12.6. The Bertz CT molecular complexity index is 596. The number of halogens is 1. The Labute approximate surface area is 168 Å². The smallest absolute Gasteiger partial charge is 0.410 e. The van der Waals surface area contributed by atoms with Gasteiger partial charge in [0.2, 0.25) is 5.29 Å². The van der Waals surface area contributed by atoms with Crippen molar-refractivity contribution < 1.29 is 9.53 Å². The fraction of sp³-hybridized carbons (Fsp3) is 0.750. The molecule has 1 amide bonds. The molecule has 0 unspecified atom stereocenters. The van der Waals surface area contributed by atoms with Gasteiger partial charge in [-0.15, -0.1) is 0 Å². The van der Waals surface area contributed by atoms with Crippen LogP contribution in [-0.4, -0.2) is 58.8 Å². The average Bonchev–Trinajstić information content (AvgIpc) is 2.58. The first kappa shape index (κ1) is 21.7. The van der Waals surface area contributed by atoms with E-state index in [2.05, 4.69) is 16.5 Å². The number of likely N-dealkylation sites (tertiary alicyclic amines) is 2. The zero-order chi connectivity index (χ0) is 20.2. The van der Waals surface area contributed by atoms with E-state index in [4.69, 9.17) is 21.7 Å². The maximum Gasteiger partial charge on any atom is 0.410 e. The minimum atomic E-state index is -0.442. The summed E-state index contributed by atoms with van der Waals surface area (Å²) in [6.45, 7) is 15.0. The second-order valence-electron chi connectivity index (χ2n) is 8.64. The molecule has 0 bridgehead atoms. The highest BCUT2D eigenvalue weighted by Crippen LogP contribution is 2.33. The highest BCUT2D eigenvalue weighted by atomic mass is 35.5. The van der Waals surface area contributed by atoms with Crippen molar-refractivity contribution in [1.29, 1.82) is 5.41 Å². The summed E-state index contributed by atoms with van der Waals surface area (Å²) in [5.74, 6) is 2.06.